The van der Waals surface area contributed by atoms with E-state index in [0.717, 1.165) is 50.0 Å². The first-order chi connectivity index (χ1) is 15.3. The molecule has 0 aromatic heterocycles. The van der Waals surface area contributed by atoms with Crippen LogP contribution in [-0.2, 0) is 9.59 Å². The molecule has 2 aromatic carbocycles. The lowest BCUT2D eigenvalue weighted by molar-refractivity contribution is -0.134. The fraction of sp³-hybridized carbons (Fsp3) is 0.417. The van der Waals surface area contributed by atoms with Crippen LogP contribution >= 0.6 is 0 Å². The van der Waals surface area contributed by atoms with E-state index in [-0.39, 0.29) is 17.6 Å². The van der Waals surface area contributed by atoms with E-state index in [1.165, 1.54) is 24.3 Å². The largest absolute Gasteiger partial charge is 0.368 e. The van der Waals surface area contributed by atoms with Crippen LogP contribution < -0.4 is 11.5 Å². The fourth-order valence-corrected chi connectivity index (χ4v) is 4.35. The number of benzene rings is 2. The number of primary amides is 2. The average molecular weight is 445 g/mol. The van der Waals surface area contributed by atoms with Crippen LogP contribution in [-0.4, -0.2) is 60.4 Å². The van der Waals surface area contributed by atoms with Crippen molar-refractivity contribution in [2.45, 2.75) is 31.2 Å². The molecule has 2 amide bonds. The van der Waals surface area contributed by atoms with Gasteiger partial charge < -0.3 is 16.4 Å². The Labute approximate surface area is 187 Å². The van der Waals surface area contributed by atoms with Gasteiger partial charge in [0.15, 0.2) is 6.04 Å². The molecule has 172 valence electrons. The highest BCUT2D eigenvalue weighted by molar-refractivity contribution is 6.02. The first kappa shape index (κ1) is 23.8. The number of hydrogen-bond donors (Lipinski definition) is 2. The van der Waals surface area contributed by atoms with Gasteiger partial charge in [-0.05, 0) is 54.8 Å². The second-order valence-electron chi connectivity index (χ2n) is 8.24. The van der Waals surface area contributed by atoms with Gasteiger partial charge in [-0.25, -0.2) is 8.78 Å². The minimum Gasteiger partial charge on any atom is -0.368 e. The molecule has 4 N–H and O–H groups in total. The van der Waals surface area contributed by atoms with Gasteiger partial charge in [0.2, 0.25) is 11.8 Å². The van der Waals surface area contributed by atoms with E-state index in [0.29, 0.717) is 13.1 Å². The van der Waals surface area contributed by atoms with Crippen molar-refractivity contribution >= 4 is 11.8 Å². The Balaban J connectivity index is 1.51. The van der Waals surface area contributed by atoms with Crippen LogP contribution in [0.15, 0.2) is 48.5 Å². The molecule has 2 aromatic rings. The third-order valence-electron chi connectivity index (χ3n) is 6.07. The minimum absolute atomic E-state index is 0.0694. The number of nitrogens with zero attached hydrogens (tertiary/aromatic N) is 2. The maximum atomic E-state index is 13.4. The van der Waals surface area contributed by atoms with Crippen molar-refractivity contribution in [1.82, 2.24) is 9.80 Å². The minimum atomic E-state index is -1.05. The normalized spacial score (nSPS) is 15.4. The van der Waals surface area contributed by atoms with Crippen molar-refractivity contribution in [3.05, 3.63) is 71.3 Å². The zero-order valence-electron chi connectivity index (χ0n) is 18.1. The monoisotopic (exact) mass is 444 g/mol. The summed E-state index contributed by atoms with van der Waals surface area (Å²) < 4.78 is 26.7. The quantitative estimate of drug-likeness (QED) is 0.434. The van der Waals surface area contributed by atoms with E-state index in [1.807, 2.05) is 0 Å². The molecule has 0 bridgehead atoms. The number of halogens is 2. The highest BCUT2D eigenvalue weighted by atomic mass is 19.1. The summed E-state index contributed by atoms with van der Waals surface area (Å²) in [5.74, 6) is -1.90. The lowest BCUT2D eigenvalue weighted by Gasteiger charge is -2.37. The second-order valence-corrected chi connectivity index (χ2v) is 8.24. The van der Waals surface area contributed by atoms with Crippen molar-refractivity contribution < 1.29 is 18.4 Å². The molecule has 3 rings (SSSR count). The summed E-state index contributed by atoms with van der Waals surface area (Å²) in [6, 6.07) is 11.9. The molecular weight excluding hydrogens is 414 g/mol. The van der Waals surface area contributed by atoms with E-state index < -0.39 is 17.9 Å². The van der Waals surface area contributed by atoms with Gasteiger partial charge in [-0.1, -0.05) is 30.7 Å². The van der Waals surface area contributed by atoms with Crippen LogP contribution in [0.3, 0.4) is 0 Å². The molecule has 1 aliphatic heterocycles. The van der Waals surface area contributed by atoms with E-state index in [2.05, 4.69) is 4.90 Å². The molecule has 0 unspecified atom stereocenters. The van der Waals surface area contributed by atoms with Crippen LogP contribution in [0, 0.1) is 11.6 Å². The van der Waals surface area contributed by atoms with Crippen molar-refractivity contribution in [3.63, 3.8) is 0 Å². The Morgan fingerprint density at radius 1 is 0.781 bits per heavy atom. The molecule has 1 aliphatic rings. The molecule has 0 saturated carbocycles. The molecule has 0 radical (unpaired) electrons. The van der Waals surface area contributed by atoms with Gasteiger partial charge in [0, 0.05) is 32.1 Å². The molecule has 6 nitrogen and oxygen atoms in total. The molecule has 0 spiro atoms. The summed E-state index contributed by atoms with van der Waals surface area (Å²) in [5.41, 5.74) is 12.6. The van der Waals surface area contributed by atoms with Crippen molar-refractivity contribution in [2.24, 2.45) is 11.5 Å². The Bertz CT molecular complexity index is 838. The van der Waals surface area contributed by atoms with Gasteiger partial charge in [0.05, 0.1) is 0 Å². The molecule has 1 heterocycles. The summed E-state index contributed by atoms with van der Waals surface area (Å²) in [7, 11) is 0. The summed E-state index contributed by atoms with van der Waals surface area (Å²) >= 11 is 0. The Morgan fingerprint density at radius 2 is 1.25 bits per heavy atom. The fourth-order valence-electron chi connectivity index (χ4n) is 4.35. The predicted molar refractivity (Wildman–Crippen MR) is 119 cm³/mol. The van der Waals surface area contributed by atoms with Crippen LogP contribution in [0.1, 0.15) is 36.3 Å². The third-order valence-corrected chi connectivity index (χ3v) is 6.07. The summed E-state index contributed by atoms with van der Waals surface area (Å²) in [6.07, 6.45) is 2.78. The number of unbranched alkanes of at least 4 members (excludes halogenated alkanes) is 1. The van der Waals surface area contributed by atoms with Crippen LogP contribution in [0.4, 0.5) is 8.78 Å². The smallest absolute Gasteiger partial charge is 0.244 e. The van der Waals surface area contributed by atoms with Crippen molar-refractivity contribution in [2.75, 3.05) is 32.7 Å². The standard InChI is InChI=1S/C24H30F2N4O2/c25-19-8-4-17(5-9-19)21(18-6-10-20(26)11-7-18)3-1-2-12-29-13-15-30(16-14-29)22(23(27)31)24(28)32/h4-11,21-22H,1-3,12-16H2,(H2,27,31)(H2,28,32). The van der Waals surface area contributed by atoms with E-state index >= 15 is 0 Å². The van der Waals surface area contributed by atoms with Crippen LogP contribution in [0.5, 0.6) is 0 Å². The zero-order valence-corrected chi connectivity index (χ0v) is 18.1. The number of rotatable bonds is 10. The summed E-state index contributed by atoms with van der Waals surface area (Å²) in [5, 5.41) is 0. The van der Waals surface area contributed by atoms with Gasteiger partial charge in [-0.3, -0.25) is 14.5 Å². The first-order valence-corrected chi connectivity index (χ1v) is 10.9. The van der Waals surface area contributed by atoms with E-state index in [1.54, 1.807) is 29.2 Å². The highest BCUT2D eigenvalue weighted by Crippen LogP contribution is 2.30. The molecule has 32 heavy (non-hydrogen) atoms. The molecule has 1 fully saturated rings. The van der Waals surface area contributed by atoms with Gasteiger partial charge in [0.1, 0.15) is 11.6 Å². The van der Waals surface area contributed by atoms with Gasteiger partial charge in [-0.2, -0.15) is 0 Å². The van der Waals surface area contributed by atoms with E-state index in [4.69, 9.17) is 11.5 Å². The zero-order chi connectivity index (χ0) is 23.1. The first-order valence-electron chi connectivity index (χ1n) is 10.9. The lowest BCUT2D eigenvalue weighted by atomic mass is 9.87. The maximum Gasteiger partial charge on any atom is 0.244 e. The number of amides is 2. The molecule has 0 aliphatic carbocycles. The Morgan fingerprint density at radius 3 is 1.69 bits per heavy atom. The lowest BCUT2D eigenvalue weighted by Crippen LogP contribution is -2.58. The summed E-state index contributed by atoms with van der Waals surface area (Å²) in [4.78, 5) is 27.0. The van der Waals surface area contributed by atoms with Crippen molar-refractivity contribution in [1.29, 1.82) is 0 Å². The predicted octanol–water partition coefficient (Wildman–Crippen LogP) is 2.22. The molecule has 8 heteroatoms. The van der Waals surface area contributed by atoms with Crippen LogP contribution in [0.25, 0.3) is 0 Å². The van der Waals surface area contributed by atoms with Gasteiger partial charge in [0.25, 0.3) is 0 Å². The number of nitrogens with two attached hydrogens (primary N) is 2. The highest BCUT2D eigenvalue weighted by Gasteiger charge is 2.31. The number of carbonyl (C=O) groups is 2. The Hall–Kier alpha value is -2.84. The number of piperazine rings is 1. The third kappa shape index (κ3) is 6.34. The van der Waals surface area contributed by atoms with E-state index in [9.17, 15) is 18.4 Å². The molecule has 1 saturated heterocycles. The average Bonchev–Trinajstić information content (AvgIpc) is 2.76. The van der Waals surface area contributed by atoms with Gasteiger partial charge in [-0.15, -0.1) is 0 Å². The summed E-state index contributed by atoms with van der Waals surface area (Å²) in [6.45, 7) is 3.48. The number of carbonyl (C=O) groups excluding carboxylic acids is 2. The number of hydrogen-bond acceptors (Lipinski definition) is 4. The molecular formula is C24H30F2N4O2. The second kappa shape index (κ2) is 11.2. The van der Waals surface area contributed by atoms with Crippen molar-refractivity contribution in [3.8, 4) is 0 Å². The van der Waals surface area contributed by atoms with Crippen LogP contribution in [0.2, 0.25) is 0 Å². The SMILES string of the molecule is NC(=O)C(C(N)=O)N1CCN(CCCCC(c2ccc(F)cc2)c2ccc(F)cc2)CC1. The molecule has 0 atom stereocenters. The topological polar surface area (TPSA) is 92.7 Å². The maximum absolute atomic E-state index is 13.4. The van der Waals surface area contributed by atoms with Gasteiger partial charge >= 0.3 is 0 Å². The Kier molecular flexibility index (Phi) is 8.30.